The highest BCUT2D eigenvalue weighted by molar-refractivity contribution is 7.87. The van der Waals surface area contributed by atoms with Gasteiger partial charge in [-0.3, -0.25) is 8.98 Å². The second-order valence-electron chi connectivity index (χ2n) is 4.66. The van der Waals surface area contributed by atoms with Crippen LogP contribution >= 0.6 is 0 Å². The van der Waals surface area contributed by atoms with Crippen LogP contribution in [0, 0.1) is 5.41 Å². The lowest BCUT2D eigenvalue weighted by Gasteiger charge is -2.19. The standard InChI is InChI=1S/C9H16F2O5S/c1-8(2,3)5-7(12)16-6-9(10,11)17(13,14)15-4/h5-6H2,1-4H3. The molecule has 0 saturated heterocycles. The Labute approximate surface area is 99.2 Å². The van der Waals surface area contributed by atoms with Crippen molar-refractivity contribution in [3.8, 4) is 0 Å². The average molecular weight is 274 g/mol. The minimum absolute atomic E-state index is 0.0872. The summed E-state index contributed by atoms with van der Waals surface area (Å²) in [4.78, 5) is 11.1. The lowest BCUT2D eigenvalue weighted by Crippen LogP contribution is -2.36. The second-order valence-corrected chi connectivity index (χ2v) is 6.50. The fraction of sp³-hybridized carbons (Fsp3) is 0.889. The molecule has 0 N–H and O–H groups in total. The third-order valence-electron chi connectivity index (χ3n) is 1.66. The molecule has 0 unspecified atom stereocenters. The van der Waals surface area contributed by atoms with Crippen LogP contribution in [0.4, 0.5) is 8.78 Å². The van der Waals surface area contributed by atoms with Gasteiger partial charge >= 0.3 is 21.3 Å². The Kier molecular flexibility index (Phi) is 5.02. The van der Waals surface area contributed by atoms with E-state index in [9.17, 15) is 22.0 Å². The maximum atomic E-state index is 13.0. The van der Waals surface area contributed by atoms with Gasteiger partial charge < -0.3 is 4.74 Å². The number of rotatable bonds is 5. The van der Waals surface area contributed by atoms with Crippen LogP contribution in [0.3, 0.4) is 0 Å². The molecule has 102 valence electrons. The molecule has 0 saturated carbocycles. The quantitative estimate of drug-likeness (QED) is 0.561. The van der Waals surface area contributed by atoms with Crippen molar-refractivity contribution in [3.05, 3.63) is 0 Å². The summed E-state index contributed by atoms with van der Waals surface area (Å²) in [5.74, 6) is -0.886. The Morgan fingerprint density at radius 1 is 1.24 bits per heavy atom. The number of alkyl halides is 2. The van der Waals surface area contributed by atoms with E-state index in [1.807, 2.05) is 0 Å². The first-order valence-corrected chi connectivity index (χ1v) is 6.16. The van der Waals surface area contributed by atoms with E-state index in [4.69, 9.17) is 0 Å². The molecule has 0 aliphatic rings. The second kappa shape index (κ2) is 5.26. The predicted octanol–water partition coefficient (Wildman–Crippen LogP) is 1.53. The SMILES string of the molecule is COS(=O)(=O)C(F)(F)COC(=O)CC(C)(C)C. The molecule has 0 atom stereocenters. The molecule has 0 aromatic carbocycles. The maximum absolute atomic E-state index is 13.0. The molecule has 5 nitrogen and oxygen atoms in total. The third-order valence-corrected chi connectivity index (χ3v) is 2.95. The largest absolute Gasteiger partial charge is 0.458 e. The van der Waals surface area contributed by atoms with Gasteiger partial charge in [-0.25, -0.2) is 0 Å². The zero-order chi connectivity index (χ0) is 13.9. The summed E-state index contributed by atoms with van der Waals surface area (Å²) in [6, 6.07) is 0. The molecular formula is C9H16F2O5S. The van der Waals surface area contributed by atoms with Gasteiger partial charge in [-0.2, -0.15) is 17.2 Å². The number of halogens is 2. The summed E-state index contributed by atoms with van der Waals surface area (Å²) < 4.78 is 55.4. The lowest BCUT2D eigenvalue weighted by atomic mass is 9.93. The summed E-state index contributed by atoms with van der Waals surface area (Å²) >= 11 is 0. The van der Waals surface area contributed by atoms with Crippen LogP contribution in [0.15, 0.2) is 0 Å². The van der Waals surface area contributed by atoms with E-state index in [1.54, 1.807) is 20.8 Å². The molecule has 17 heavy (non-hydrogen) atoms. The lowest BCUT2D eigenvalue weighted by molar-refractivity contribution is -0.151. The molecule has 0 amide bonds. The van der Waals surface area contributed by atoms with Crippen LogP contribution in [-0.4, -0.2) is 33.4 Å². The first-order valence-electron chi connectivity index (χ1n) is 4.75. The molecule has 0 aliphatic carbocycles. The van der Waals surface area contributed by atoms with Gasteiger partial charge in [0, 0.05) is 0 Å². The van der Waals surface area contributed by atoms with E-state index in [0.29, 0.717) is 7.11 Å². The van der Waals surface area contributed by atoms with E-state index in [-0.39, 0.29) is 6.42 Å². The Balaban J connectivity index is 4.44. The Morgan fingerprint density at radius 2 is 1.71 bits per heavy atom. The first kappa shape index (κ1) is 16.2. The zero-order valence-electron chi connectivity index (χ0n) is 10.1. The molecule has 0 aromatic rings. The van der Waals surface area contributed by atoms with Crippen molar-refractivity contribution < 1.29 is 30.9 Å². The molecule has 0 heterocycles. The van der Waals surface area contributed by atoms with Crippen LogP contribution in [0.2, 0.25) is 0 Å². The van der Waals surface area contributed by atoms with Crippen LogP contribution in [-0.2, 0) is 23.8 Å². The van der Waals surface area contributed by atoms with E-state index in [0.717, 1.165) is 0 Å². The summed E-state index contributed by atoms with van der Waals surface area (Å²) in [5, 5.41) is -4.24. The van der Waals surface area contributed by atoms with Crippen molar-refractivity contribution in [2.24, 2.45) is 5.41 Å². The van der Waals surface area contributed by atoms with Crippen molar-refractivity contribution >= 4 is 16.1 Å². The van der Waals surface area contributed by atoms with Gasteiger partial charge in [0.05, 0.1) is 13.5 Å². The number of esters is 1. The van der Waals surface area contributed by atoms with E-state index in [1.165, 1.54) is 0 Å². The third kappa shape index (κ3) is 5.40. The van der Waals surface area contributed by atoms with E-state index >= 15 is 0 Å². The highest BCUT2D eigenvalue weighted by Crippen LogP contribution is 2.24. The van der Waals surface area contributed by atoms with Crippen molar-refractivity contribution in [2.45, 2.75) is 32.4 Å². The van der Waals surface area contributed by atoms with E-state index in [2.05, 4.69) is 8.92 Å². The van der Waals surface area contributed by atoms with Crippen molar-refractivity contribution in [1.29, 1.82) is 0 Å². The van der Waals surface area contributed by atoms with Gasteiger partial charge in [0.15, 0.2) is 6.61 Å². The molecular weight excluding hydrogens is 258 g/mol. The average Bonchev–Trinajstić information content (AvgIpc) is 2.12. The molecule has 0 bridgehead atoms. The van der Waals surface area contributed by atoms with Gasteiger partial charge in [0.2, 0.25) is 0 Å². The first-order chi connectivity index (χ1) is 7.41. The molecule has 0 spiro atoms. The number of hydrogen-bond donors (Lipinski definition) is 0. The molecule has 8 heteroatoms. The fourth-order valence-corrected chi connectivity index (χ4v) is 1.29. The number of carbonyl (C=O) groups excluding carboxylic acids is 1. The normalized spacial score (nSPS) is 13.5. The minimum Gasteiger partial charge on any atom is -0.458 e. The topological polar surface area (TPSA) is 69.7 Å². The fourth-order valence-electron chi connectivity index (χ4n) is 0.843. The van der Waals surface area contributed by atoms with E-state index < -0.39 is 33.4 Å². The van der Waals surface area contributed by atoms with Crippen LogP contribution in [0.1, 0.15) is 27.2 Å². The monoisotopic (exact) mass is 274 g/mol. The van der Waals surface area contributed by atoms with Crippen LogP contribution in [0.5, 0.6) is 0 Å². The number of carbonyl (C=O) groups is 1. The molecule has 0 rings (SSSR count). The molecule has 0 fully saturated rings. The maximum Gasteiger partial charge on any atom is 0.403 e. The summed E-state index contributed by atoms with van der Waals surface area (Å²) in [5.41, 5.74) is -0.424. The number of ether oxygens (including phenoxy) is 1. The van der Waals surface area contributed by atoms with Gasteiger partial charge in [0.1, 0.15) is 0 Å². The van der Waals surface area contributed by atoms with Crippen molar-refractivity contribution in [3.63, 3.8) is 0 Å². The van der Waals surface area contributed by atoms with Gasteiger partial charge in [0.25, 0.3) is 0 Å². The summed E-state index contributed by atoms with van der Waals surface area (Å²) in [7, 11) is -4.44. The van der Waals surface area contributed by atoms with Crippen LogP contribution < -0.4 is 0 Å². The molecule has 0 aromatic heterocycles. The molecule has 0 radical (unpaired) electrons. The summed E-state index contributed by atoms with van der Waals surface area (Å²) in [6.45, 7) is 3.62. The van der Waals surface area contributed by atoms with Gasteiger partial charge in [-0.05, 0) is 5.41 Å². The highest BCUT2D eigenvalue weighted by atomic mass is 32.2. The predicted molar refractivity (Wildman–Crippen MR) is 55.9 cm³/mol. The van der Waals surface area contributed by atoms with Crippen molar-refractivity contribution in [2.75, 3.05) is 13.7 Å². The zero-order valence-corrected chi connectivity index (χ0v) is 10.9. The Bertz CT molecular complexity index is 369. The minimum atomic E-state index is -5.05. The summed E-state index contributed by atoms with van der Waals surface area (Å²) in [6.07, 6.45) is -0.0872. The van der Waals surface area contributed by atoms with Gasteiger partial charge in [-0.1, -0.05) is 20.8 Å². The molecule has 0 aliphatic heterocycles. The smallest absolute Gasteiger partial charge is 0.403 e. The van der Waals surface area contributed by atoms with Gasteiger partial charge in [-0.15, -0.1) is 0 Å². The Hall–Kier alpha value is -0.760. The highest BCUT2D eigenvalue weighted by Gasteiger charge is 2.47. The number of hydrogen-bond acceptors (Lipinski definition) is 5. The van der Waals surface area contributed by atoms with Crippen LogP contribution in [0.25, 0.3) is 0 Å². The van der Waals surface area contributed by atoms with Crippen molar-refractivity contribution in [1.82, 2.24) is 0 Å². The Morgan fingerprint density at radius 3 is 2.06 bits per heavy atom.